The van der Waals surface area contributed by atoms with E-state index in [1.54, 1.807) is 30.5 Å². The Balaban J connectivity index is 2.99. The van der Waals surface area contributed by atoms with Gasteiger partial charge in [0.15, 0.2) is 0 Å². The van der Waals surface area contributed by atoms with Crippen molar-refractivity contribution in [1.82, 2.24) is 4.90 Å². The first-order valence-electron chi connectivity index (χ1n) is 5.44. The normalized spacial score (nSPS) is 11.4. The number of amides is 1. The highest BCUT2D eigenvalue weighted by molar-refractivity contribution is 9.09. The lowest BCUT2D eigenvalue weighted by molar-refractivity contribution is -0.140. The van der Waals surface area contributed by atoms with Crippen LogP contribution in [0.25, 0.3) is 0 Å². The van der Waals surface area contributed by atoms with Gasteiger partial charge in [0.05, 0.1) is 5.56 Å². The van der Waals surface area contributed by atoms with Crippen molar-refractivity contribution >= 4 is 33.6 Å². The van der Waals surface area contributed by atoms with Crippen LogP contribution in [0.15, 0.2) is 29.2 Å². The molecule has 1 aromatic rings. The number of rotatable bonds is 5. The van der Waals surface area contributed by atoms with Crippen molar-refractivity contribution < 1.29 is 18.0 Å². The van der Waals surface area contributed by atoms with Crippen LogP contribution in [0.3, 0.4) is 0 Å². The summed E-state index contributed by atoms with van der Waals surface area (Å²) >= 11 is 4.40. The predicted octanol–water partition coefficient (Wildman–Crippen LogP) is 3.81. The van der Waals surface area contributed by atoms with Gasteiger partial charge in [-0.3, -0.25) is 4.79 Å². The summed E-state index contributed by atoms with van der Waals surface area (Å²) in [6.45, 7) is -1.22. The molecule has 2 nitrogen and oxygen atoms in total. The zero-order valence-corrected chi connectivity index (χ0v) is 12.6. The van der Waals surface area contributed by atoms with Gasteiger partial charge in [-0.1, -0.05) is 28.1 Å². The van der Waals surface area contributed by atoms with E-state index in [1.165, 1.54) is 11.8 Å². The number of nitrogens with zero attached hydrogens (tertiary/aromatic N) is 1. The number of carbonyl (C=O) groups is 1. The standard InChI is InChI=1S/C12H13BrF3NOS/c1-19-10-5-3-2-4-9(10)11(18)17(7-6-13)8-12(14,15)16/h2-5H,6-8H2,1H3. The molecule has 0 unspecified atom stereocenters. The molecule has 0 aliphatic rings. The molecule has 1 amide bonds. The van der Waals surface area contributed by atoms with Crippen molar-refractivity contribution in [1.29, 1.82) is 0 Å². The summed E-state index contributed by atoms with van der Waals surface area (Å²) < 4.78 is 37.4. The molecule has 0 aliphatic heterocycles. The van der Waals surface area contributed by atoms with Crippen LogP contribution in [0.2, 0.25) is 0 Å². The zero-order valence-electron chi connectivity index (χ0n) is 10.2. The Kier molecular flexibility index (Phi) is 6.19. The van der Waals surface area contributed by atoms with E-state index in [9.17, 15) is 18.0 Å². The Morgan fingerprint density at radius 2 is 2.00 bits per heavy atom. The third-order valence-electron chi connectivity index (χ3n) is 2.35. The number of carbonyl (C=O) groups excluding carboxylic acids is 1. The quantitative estimate of drug-likeness (QED) is 0.591. The summed E-state index contributed by atoms with van der Waals surface area (Å²) in [5, 5.41) is 0.302. The Hall–Kier alpha value is -0.690. The molecule has 0 aliphatic carbocycles. The second-order valence-electron chi connectivity index (χ2n) is 3.73. The molecule has 1 aromatic carbocycles. The summed E-state index contributed by atoms with van der Waals surface area (Å²) in [5.74, 6) is -0.596. The third kappa shape index (κ3) is 5.06. The average molecular weight is 356 g/mol. The maximum Gasteiger partial charge on any atom is 0.406 e. The maximum atomic E-state index is 12.5. The average Bonchev–Trinajstić information content (AvgIpc) is 2.36. The minimum Gasteiger partial charge on any atom is -0.329 e. The van der Waals surface area contributed by atoms with E-state index in [1.807, 2.05) is 0 Å². The topological polar surface area (TPSA) is 20.3 Å². The van der Waals surface area contributed by atoms with Gasteiger partial charge in [0.25, 0.3) is 5.91 Å². The maximum absolute atomic E-state index is 12.5. The second kappa shape index (κ2) is 7.19. The van der Waals surface area contributed by atoms with Crippen molar-refractivity contribution in [2.45, 2.75) is 11.1 Å². The van der Waals surface area contributed by atoms with Crippen molar-refractivity contribution in [3.63, 3.8) is 0 Å². The van der Waals surface area contributed by atoms with Crippen molar-refractivity contribution in [2.75, 3.05) is 24.7 Å². The first-order chi connectivity index (χ1) is 8.89. The van der Waals surface area contributed by atoms with Gasteiger partial charge in [-0.15, -0.1) is 11.8 Å². The van der Waals surface area contributed by atoms with Crippen LogP contribution in [-0.2, 0) is 0 Å². The van der Waals surface area contributed by atoms with Crippen LogP contribution < -0.4 is 0 Å². The smallest absolute Gasteiger partial charge is 0.329 e. The molecule has 0 atom stereocenters. The fourth-order valence-corrected chi connectivity index (χ4v) is 2.58. The third-order valence-corrected chi connectivity index (χ3v) is 3.50. The van der Waals surface area contributed by atoms with Gasteiger partial charge in [-0.25, -0.2) is 0 Å². The first kappa shape index (κ1) is 16.4. The molecule has 0 heterocycles. The molecule has 0 saturated carbocycles. The molecular weight excluding hydrogens is 343 g/mol. The number of alkyl halides is 4. The first-order valence-corrected chi connectivity index (χ1v) is 7.78. The van der Waals surface area contributed by atoms with Gasteiger partial charge in [0, 0.05) is 16.8 Å². The minimum absolute atomic E-state index is 0.0149. The molecule has 7 heteroatoms. The summed E-state index contributed by atoms with van der Waals surface area (Å²) in [6.07, 6.45) is -2.61. The molecule has 19 heavy (non-hydrogen) atoms. The number of halogens is 4. The Bertz CT molecular complexity index is 439. The monoisotopic (exact) mass is 355 g/mol. The summed E-state index contributed by atoms with van der Waals surface area (Å²) in [4.78, 5) is 13.7. The van der Waals surface area contributed by atoms with Crippen LogP contribution in [0, 0.1) is 0 Å². The Morgan fingerprint density at radius 1 is 1.37 bits per heavy atom. The Labute approximate surface area is 122 Å². The summed E-state index contributed by atoms with van der Waals surface area (Å²) in [6, 6.07) is 6.66. The predicted molar refractivity (Wildman–Crippen MR) is 74.0 cm³/mol. The number of thioether (sulfide) groups is 1. The molecule has 0 aromatic heterocycles. The van der Waals surface area contributed by atoms with Gasteiger partial charge in [0.2, 0.25) is 0 Å². The molecule has 0 fully saturated rings. The van der Waals surface area contributed by atoms with Gasteiger partial charge in [0.1, 0.15) is 6.54 Å². The number of hydrogen-bond donors (Lipinski definition) is 0. The highest BCUT2D eigenvalue weighted by Crippen LogP contribution is 2.23. The van der Waals surface area contributed by atoms with E-state index < -0.39 is 18.6 Å². The number of benzene rings is 1. The van der Waals surface area contributed by atoms with Crippen LogP contribution in [0.1, 0.15) is 10.4 Å². The van der Waals surface area contributed by atoms with Crippen molar-refractivity contribution in [3.8, 4) is 0 Å². The molecular formula is C12H13BrF3NOS. The fraction of sp³-hybridized carbons (Fsp3) is 0.417. The van der Waals surface area contributed by atoms with Crippen molar-refractivity contribution in [2.24, 2.45) is 0 Å². The lowest BCUT2D eigenvalue weighted by Gasteiger charge is -2.24. The van der Waals surface area contributed by atoms with Crippen LogP contribution in [0.5, 0.6) is 0 Å². The van der Waals surface area contributed by atoms with Gasteiger partial charge in [-0.05, 0) is 18.4 Å². The van der Waals surface area contributed by atoms with Gasteiger partial charge in [-0.2, -0.15) is 13.2 Å². The van der Waals surface area contributed by atoms with E-state index in [-0.39, 0.29) is 6.54 Å². The molecule has 1 rings (SSSR count). The minimum atomic E-state index is -4.40. The zero-order chi connectivity index (χ0) is 14.5. The Morgan fingerprint density at radius 3 is 2.53 bits per heavy atom. The second-order valence-corrected chi connectivity index (χ2v) is 5.37. The van der Waals surface area contributed by atoms with E-state index in [4.69, 9.17) is 0 Å². The van der Waals surface area contributed by atoms with Gasteiger partial charge >= 0.3 is 6.18 Å². The highest BCUT2D eigenvalue weighted by Gasteiger charge is 2.33. The van der Waals surface area contributed by atoms with E-state index >= 15 is 0 Å². The van der Waals surface area contributed by atoms with E-state index in [0.717, 1.165) is 4.90 Å². The largest absolute Gasteiger partial charge is 0.406 e. The summed E-state index contributed by atoms with van der Waals surface area (Å²) in [7, 11) is 0. The highest BCUT2D eigenvalue weighted by atomic mass is 79.9. The van der Waals surface area contributed by atoms with Crippen molar-refractivity contribution in [3.05, 3.63) is 29.8 Å². The molecule has 0 radical (unpaired) electrons. The van der Waals surface area contributed by atoms with E-state index in [0.29, 0.717) is 15.8 Å². The molecule has 0 N–H and O–H groups in total. The lowest BCUT2D eigenvalue weighted by Crippen LogP contribution is -2.40. The van der Waals surface area contributed by atoms with Crippen LogP contribution >= 0.6 is 27.7 Å². The SMILES string of the molecule is CSc1ccccc1C(=O)N(CCBr)CC(F)(F)F. The summed E-state index contributed by atoms with van der Waals surface area (Å²) in [5.41, 5.74) is 0.306. The molecule has 0 saturated heterocycles. The molecule has 0 bridgehead atoms. The molecule has 0 spiro atoms. The van der Waals surface area contributed by atoms with Crippen LogP contribution in [0.4, 0.5) is 13.2 Å². The van der Waals surface area contributed by atoms with E-state index in [2.05, 4.69) is 15.9 Å². The molecule has 106 valence electrons. The lowest BCUT2D eigenvalue weighted by atomic mass is 10.2. The number of hydrogen-bond acceptors (Lipinski definition) is 2. The van der Waals surface area contributed by atoms with Crippen LogP contribution in [-0.4, -0.2) is 41.7 Å². The van der Waals surface area contributed by atoms with Gasteiger partial charge < -0.3 is 4.90 Å². The fourth-order valence-electron chi connectivity index (χ4n) is 1.56.